The Morgan fingerprint density at radius 3 is 2.44 bits per heavy atom. The van der Waals surface area contributed by atoms with Crippen molar-refractivity contribution in [1.82, 2.24) is 15.3 Å². The third-order valence-electron chi connectivity index (χ3n) is 4.35. The van der Waals surface area contributed by atoms with Gasteiger partial charge in [-0.2, -0.15) is 4.98 Å². The van der Waals surface area contributed by atoms with Crippen LogP contribution in [0.5, 0.6) is 0 Å². The Hall–Kier alpha value is -2.67. The lowest BCUT2D eigenvalue weighted by molar-refractivity contribution is 0.0955. The molecule has 7 heteroatoms. The quantitative estimate of drug-likeness (QED) is 0.759. The Labute approximate surface area is 160 Å². The van der Waals surface area contributed by atoms with Gasteiger partial charge in [0.2, 0.25) is 5.95 Å². The Morgan fingerprint density at radius 1 is 1.04 bits per heavy atom. The van der Waals surface area contributed by atoms with Gasteiger partial charge in [0.05, 0.1) is 13.2 Å². The van der Waals surface area contributed by atoms with Crippen molar-refractivity contribution >= 4 is 17.7 Å². The number of hydrogen-bond donors (Lipinski definition) is 2. The normalized spacial score (nSPS) is 14.1. The monoisotopic (exact) mass is 369 g/mol. The zero-order valence-electron chi connectivity index (χ0n) is 16.2. The van der Waals surface area contributed by atoms with E-state index in [1.165, 1.54) is 0 Å². The summed E-state index contributed by atoms with van der Waals surface area (Å²) in [6.45, 7) is 10.1. The standard InChI is InChI=1S/C20H27N5O2/c1-14-10-15(2)12-17(11-14)19(26)21-4-5-22-20-23-16(3)13-18(24-20)25-6-8-27-9-7-25/h10-13H,4-9H2,1-3H3,(H,21,26)(H,22,23,24). The minimum Gasteiger partial charge on any atom is -0.378 e. The van der Waals surface area contributed by atoms with Crippen molar-refractivity contribution in [2.75, 3.05) is 49.6 Å². The molecule has 0 atom stereocenters. The molecule has 3 rings (SSSR count). The summed E-state index contributed by atoms with van der Waals surface area (Å²) in [6, 6.07) is 7.83. The number of ether oxygens (including phenoxy) is 1. The molecular formula is C20H27N5O2. The van der Waals surface area contributed by atoms with E-state index in [4.69, 9.17) is 4.74 Å². The summed E-state index contributed by atoms with van der Waals surface area (Å²) in [7, 11) is 0. The Kier molecular flexibility index (Phi) is 6.24. The molecule has 1 amide bonds. The van der Waals surface area contributed by atoms with Crippen LogP contribution in [0.1, 0.15) is 27.2 Å². The maximum atomic E-state index is 12.3. The van der Waals surface area contributed by atoms with Crippen LogP contribution < -0.4 is 15.5 Å². The molecule has 27 heavy (non-hydrogen) atoms. The van der Waals surface area contributed by atoms with E-state index in [1.54, 1.807) is 0 Å². The van der Waals surface area contributed by atoms with Crippen LogP contribution in [-0.4, -0.2) is 55.3 Å². The van der Waals surface area contributed by atoms with Crippen LogP contribution in [0.2, 0.25) is 0 Å². The second-order valence-corrected chi connectivity index (χ2v) is 6.85. The van der Waals surface area contributed by atoms with Crippen LogP contribution in [0.4, 0.5) is 11.8 Å². The Morgan fingerprint density at radius 2 is 1.74 bits per heavy atom. The van der Waals surface area contributed by atoms with E-state index in [0.717, 1.165) is 48.9 Å². The van der Waals surface area contributed by atoms with Crippen molar-refractivity contribution in [3.8, 4) is 0 Å². The summed E-state index contributed by atoms with van der Waals surface area (Å²) in [5.74, 6) is 1.42. The molecule has 0 aliphatic carbocycles. The van der Waals surface area contributed by atoms with Crippen molar-refractivity contribution < 1.29 is 9.53 Å². The fourth-order valence-electron chi connectivity index (χ4n) is 3.14. The molecule has 1 aliphatic heterocycles. The molecule has 0 unspecified atom stereocenters. The molecule has 0 radical (unpaired) electrons. The average molecular weight is 369 g/mol. The van der Waals surface area contributed by atoms with Crippen LogP contribution in [0.15, 0.2) is 24.3 Å². The molecule has 1 aromatic carbocycles. The van der Waals surface area contributed by atoms with Crippen molar-refractivity contribution in [2.45, 2.75) is 20.8 Å². The molecule has 1 aromatic heterocycles. The van der Waals surface area contributed by atoms with Gasteiger partial charge in [0.25, 0.3) is 5.91 Å². The lowest BCUT2D eigenvalue weighted by Crippen LogP contribution is -2.37. The minimum absolute atomic E-state index is 0.0669. The number of carbonyl (C=O) groups excluding carboxylic acids is 1. The highest BCUT2D eigenvalue weighted by atomic mass is 16.5. The molecule has 2 aromatic rings. The first kappa shape index (κ1) is 19.1. The number of aryl methyl sites for hydroxylation is 3. The summed E-state index contributed by atoms with van der Waals surface area (Å²) in [4.78, 5) is 23.5. The molecule has 1 fully saturated rings. The smallest absolute Gasteiger partial charge is 0.251 e. The van der Waals surface area contributed by atoms with E-state index in [2.05, 4.69) is 31.6 Å². The van der Waals surface area contributed by atoms with Crippen molar-refractivity contribution in [3.63, 3.8) is 0 Å². The number of amides is 1. The van der Waals surface area contributed by atoms with Crippen LogP contribution in [0.3, 0.4) is 0 Å². The third-order valence-corrected chi connectivity index (χ3v) is 4.35. The van der Waals surface area contributed by atoms with E-state index in [9.17, 15) is 4.79 Å². The Balaban J connectivity index is 1.52. The number of nitrogens with one attached hydrogen (secondary N) is 2. The number of morpholine rings is 1. The van der Waals surface area contributed by atoms with E-state index in [0.29, 0.717) is 24.6 Å². The molecule has 144 valence electrons. The maximum absolute atomic E-state index is 12.3. The average Bonchev–Trinajstić information content (AvgIpc) is 2.64. The first-order chi connectivity index (χ1) is 13.0. The number of anilines is 2. The van der Waals surface area contributed by atoms with Crippen molar-refractivity contribution in [3.05, 3.63) is 46.6 Å². The maximum Gasteiger partial charge on any atom is 0.251 e. The lowest BCUT2D eigenvalue weighted by atomic mass is 10.1. The van der Waals surface area contributed by atoms with Gasteiger partial charge in [0, 0.05) is 43.5 Å². The van der Waals surface area contributed by atoms with Gasteiger partial charge < -0.3 is 20.3 Å². The highest BCUT2D eigenvalue weighted by molar-refractivity contribution is 5.94. The summed E-state index contributed by atoms with van der Waals surface area (Å²) in [5, 5.41) is 6.13. The molecule has 0 saturated carbocycles. The largest absolute Gasteiger partial charge is 0.378 e. The zero-order valence-corrected chi connectivity index (χ0v) is 16.2. The summed E-state index contributed by atoms with van der Waals surface area (Å²) < 4.78 is 5.39. The van der Waals surface area contributed by atoms with Crippen LogP contribution >= 0.6 is 0 Å². The van der Waals surface area contributed by atoms with Crippen LogP contribution in [0, 0.1) is 20.8 Å². The fourth-order valence-corrected chi connectivity index (χ4v) is 3.14. The fraction of sp³-hybridized carbons (Fsp3) is 0.450. The number of benzene rings is 1. The number of carbonyl (C=O) groups is 1. The van der Waals surface area contributed by atoms with Gasteiger partial charge >= 0.3 is 0 Å². The highest BCUT2D eigenvalue weighted by Gasteiger charge is 2.14. The van der Waals surface area contributed by atoms with Gasteiger partial charge in [-0.15, -0.1) is 0 Å². The van der Waals surface area contributed by atoms with Gasteiger partial charge in [-0.3, -0.25) is 4.79 Å². The van der Waals surface area contributed by atoms with E-state index >= 15 is 0 Å². The number of nitrogens with zero attached hydrogens (tertiary/aromatic N) is 3. The molecule has 7 nitrogen and oxygen atoms in total. The minimum atomic E-state index is -0.0669. The second-order valence-electron chi connectivity index (χ2n) is 6.85. The summed E-state index contributed by atoms with van der Waals surface area (Å²) in [6.07, 6.45) is 0. The first-order valence-corrected chi connectivity index (χ1v) is 9.30. The number of hydrogen-bond acceptors (Lipinski definition) is 6. The number of rotatable bonds is 6. The highest BCUT2D eigenvalue weighted by Crippen LogP contribution is 2.16. The summed E-state index contributed by atoms with van der Waals surface area (Å²) in [5.41, 5.74) is 3.77. The predicted octanol–water partition coefficient (Wildman–Crippen LogP) is 2.08. The van der Waals surface area contributed by atoms with Gasteiger partial charge in [0.1, 0.15) is 5.82 Å². The van der Waals surface area contributed by atoms with Crippen LogP contribution in [-0.2, 0) is 4.74 Å². The molecule has 0 bridgehead atoms. The second kappa shape index (κ2) is 8.81. The molecule has 2 N–H and O–H groups in total. The van der Waals surface area contributed by atoms with E-state index in [1.807, 2.05) is 39.0 Å². The van der Waals surface area contributed by atoms with Gasteiger partial charge in [0.15, 0.2) is 0 Å². The van der Waals surface area contributed by atoms with Crippen molar-refractivity contribution in [2.24, 2.45) is 0 Å². The molecule has 1 aliphatic rings. The summed E-state index contributed by atoms with van der Waals surface area (Å²) >= 11 is 0. The van der Waals surface area contributed by atoms with E-state index in [-0.39, 0.29) is 5.91 Å². The first-order valence-electron chi connectivity index (χ1n) is 9.30. The van der Waals surface area contributed by atoms with Gasteiger partial charge in [-0.05, 0) is 32.9 Å². The zero-order chi connectivity index (χ0) is 19.2. The van der Waals surface area contributed by atoms with E-state index < -0.39 is 0 Å². The SMILES string of the molecule is Cc1cc(C)cc(C(=O)NCCNc2nc(C)cc(N3CCOCC3)n2)c1. The molecule has 1 saturated heterocycles. The molecule has 2 heterocycles. The third kappa shape index (κ3) is 5.40. The topological polar surface area (TPSA) is 79.4 Å². The van der Waals surface area contributed by atoms with Gasteiger partial charge in [-0.25, -0.2) is 4.98 Å². The molecular weight excluding hydrogens is 342 g/mol. The lowest BCUT2D eigenvalue weighted by Gasteiger charge is -2.28. The Bertz CT molecular complexity index is 783. The van der Waals surface area contributed by atoms with Crippen molar-refractivity contribution in [1.29, 1.82) is 0 Å². The number of aromatic nitrogens is 2. The van der Waals surface area contributed by atoms with Crippen LogP contribution in [0.25, 0.3) is 0 Å². The molecule has 0 spiro atoms. The predicted molar refractivity (Wildman–Crippen MR) is 107 cm³/mol. The van der Waals surface area contributed by atoms with Gasteiger partial charge in [-0.1, -0.05) is 17.2 Å².